The first-order chi connectivity index (χ1) is 8.52. The van der Waals surface area contributed by atoms with E-state index in [1.54, 1.807) is 6.92 Å². The van der Waals surface area contributed by atoms with Gasteiger partial charge in [-0.2, -0.15) is 0 Å². The zero-order valence-electron chi connectivity index (χ0n) is 9.96. The van der Waals surface area contributed by atoms with Crippen LogP contribution in [0, 0.1) is 0 Å². The number of ether oxygens (including phenoxy) is 2. The molecule has 1 atom stereocenters. The number of hydrogen-bond donors (Lipinski definition) is 1. The molecule has 1 unspecified atom stereocenters. The minimum Gasteiger partial charge on any atom is -0.508 e. The summed E-state index contributed by atoms with van der Waals surface area (Å²) in [5, 5.41) is 9.06. The fourth-order valence-corrected chi connectivity index (χ4v) is 1.15. The molecule has 1 N–H and O–H groups in total. The van der Waals surface area contributed by atoms with Gasteiger partial charge in [0.25, 0.3) is 0 Å². The van der Waals surface area contributed by atoms with Crippen LogP contribution in [0.2, 0.25) is 0 Å². The number of benzene rings is 1. The van der Waals surface area contributed by atoms with Crippen molar-refractivity contribution >= 4 is 11.9 Å². The van der Waals surface area contributed by atoms with E-state index in [9.17, 15) is 9.59 Å². The third kappa shape index (κ3) is 4.29. The number of carbonyl (C=O) groups excluding carboxylic acids is 2. The van der Waals surface area contributed by atoms with E-state index in [0.717, 1.165) is 6.08 Å². The second-order valence-corrected chi connectivity index (χ2v) is 3.60. The standard InChI is InChI=1S/C13H14O5/c1-3-12(15)18-9(2)8-17-13(16)10-4-6-11(14)7-5-10/h3-7,9,14H,1,8H2,2H3. The van der Waals surface area contributed by atoms with E-state index >= 15 is 0 Å². The maximum atomic E-state index is 11.6. The van der Waals surface area contributed by atoms with Crippen molar-refractivity contribution in [1.29, 1.82) is 0 Å². The molecule has 0 aromatic heterocycles. The summed E-state index contributed by atoms with van der Waals surface area (Å²) in [6.45, 7) is 4.82. The molecule has 0 saturated heterocycles. The third-order valence-electron chi connectivity index (χ3n) is 2.04. The highest BCUT2D eigenvalue weighted by Crippen LogP contribution is 2.10. The molecule has 18 heavy (non-hydrogen) atoms. The molecule has 0 aliphatic carbocycles. The summed E-state index contributed by atoms with van der Waals surface area (Å²) in [7, 11) is 0. The van der Waals surface area contributed by atoms with E-state index < -0.39 is 18.0 Å². The first kappa shape index (κ1) is 13.8. The van der Waals surface area contributed by atoms with Crippen molar-refractivity contribution in [3.63, 3.8) is 0 Å². The zero-order valence-corrected chi connectivity index (χ0v) is 9.96. The number of hydrogen-bond acceptors (Lipinski definition) is 5. The first-order valence-electron chi connectivity index (χ1n) is 5.32. The molecule has 0 aliphatic heterocycles. The van der Waals surface area contributed by atoms with E-state index in [1.807, 2.05) is 0 Å². The molecule has 0 radical (unpaired) electrons. The summed E-state index contributed by atoms with van der Waals surface area (Å²) >= 11 is 0. The molecule has 0 heterocycles. The number of phenolic OH excluding ortho intramolecular Hbond substituents is 1. The quantitative estimate of drug-likeness (QED) is 0.635. The molecule has 5 heteroatoms. The van der Waals surface area contributed by atoms with Crippen LogP contribution in [0.3, 0.4) is 0 Å². The molecule has 0 aliphatic rings. The number of rotatable bonds is 5. The van der Waals surface area contributed by atoms with Gasteiger partial charge in [0.05, 0.1) is 5.56 Å². The number of esters is 2. The predicted octanol–water partition coefficient (Wildman–Crippen LogP) is 1.67. The van der Waals surface area contributed by atoms with Crippen molar-refractivity contribution in [3.05, 3.63) is 42.5 Å². The van der Waals surface area contributed by atoms with Gasteiger partial charge in [0.1, 0.15) is 18.5 Å². The molecule has 5 nitrogen and oxygen atoms in total. The highest BCUT2D eigenvalue weighted by atomic mass is 16.6. The minimum absolute atomic E-state index is 0.0424. The van der Waals surface area contributed by atoms with Gasteiger partial charge in [-0.3, -0.25) is 0 Å². The lowest BCUT2D eigenvalue weighted by atomic mass is 10.2. The van der Waals surface area contributed by atoms with Gasteiger partial charge < -0.3 is 14.6 Å². The van der Waals surface area contributed by atoms with Gasteiger partial charge in [0.2, 0.25) is 0 Å². The molecule has 0 bridgehead atoms. The molecule has 0 saturated carbocycles. The van der Waals surface area contributed by atoms with Crippen molar-refractivity contribution in [2.24, 2.45) is 0 Å². The Morgan fingerprint density at radius 2 is 2.00 bits per heavy atom. The van der Waals surface area contributed by atoms with Gasteiger partial charge in [0, 0.05) is 6.08 Å². The van der Waals surface area contributed by atoms with Crippen LogP contribution in [0.15, 0.2) is 36.9 Å². The van der Waals surface area contributed by atoms with Gasteiger partial charge in [-0.25, -0.2) is 9.59 Å². The maximum Gasteiger partial charge on any atom is 0.338 e. The third-order valence-corrected chi connectivity index (χ3v) is 2.04. The normalized spacial score (nSPS) is 11.4. The Labute approximate surface area is 105 Å². The van der Waals surface area contributed by atoms with Gasteiger partial charge in [-0.15, -0.1) is 0 Å². The summed E-state index contributed by atoms with van der Waals surface area (Å²) in [6, 6.07) is 5.66. The van der Waals surface area contributed by atoms with E-state index in [2.05, 4.69) is 6.58 Å². The van der Waals surface area contributed by atoms with Crippen molar-refractivity contribution in [2.45, 2.75) is 13.0 Å². The Kier molecular flexibility index (Phi) is 4.92. The Hall–Kier alpha value is -2.30. The van der Waals surface area contributed by atoms with Crippen LogP contribution >= 0.6 is 0 Å². The monoisotopic (exact) mass is 250 g/mol. The molecule has 96 valence electrons. The SMILES string of the molecule is C=CC(=O)OC(C)COC(=O)c1ccc(O)cc1. The Bertz CT molecular complexity index is 435. The molecule has 1 aromatic carbocycles. The Morgan fingerprint density at radius 3 is 2.56 bits per heavy atom. The van der Waals surface area contributed by atoms with Crippen LogP contribution in [0.25, 0.3) is 0 Å². The minimum atomic E-state index is -0.566. The van der Waals surface area contributed by atoms with E-state index in [-0.39, 0.29) is 12.4 Å². The highest BCUT2D eigenvalue weighted by Gasteiger charge is 2.11. The first-order valence-corrected chi connectivity index (χ1v) is 5.32. The largest absolute Gasteiger partial charge is 0.508 e. The number of aromatic hydroxyl groups is 1. The molecule has 1 aromatic rings. The average molecular weight is 250 g/mol. The molecule has 0 spiro atoms. The molecule has 0 fully saturated rings. The highest BCUT2D eigenvalue weighted by molar-refractivity contribution is 5.89. The maximum absolute atomic E-state index is 11.6. The van der Waals surface area contributed by atoms with Gasteiger partial charge >= 0.3 is 11.9 Å². The van der Waals surface area contributed by atoms with Crippen molar-refractivity contribution in [3.8, 4) is 5.75 Å². The van der Waals surface area contributed by atoms with Gasteiger partial charge in [-0.05, 0) is 31.2 Å². The summed E-state index contributed by atoms with van der Waals surface area (Å²) in [6.07, 6.45) is 0.495. The van der Waals surface area contributed by atoms with Crippen LogP contribution in [0.5, 0.6) is 5.75 Å². The topological polar surface area (TPSA) is 72.8 Å². The lowest BCUT2D eigenvalue weighted by Crippen LogP contribution is -2.21. The zero-order chi connectivity index (χ0) is 13.5. The molecule has 1 rings (SSSR count). The second kappa shape index (κ2) is 6.44. The summed E-state index contributed by atoms with van der Waals surface area (Å²) in [5.74, 6) is -1.04. The summed E-state index contributed by atoms with van der Waals surface area (Å²) in [5.41, 5.74) is 0.315. The lowest BCUT2D eigenvalue weighted by Gasteiger charge is -2.12. The van der Waals surface area contributed by atoms with Crippen LogP contribution in [-0.4, -0.2) is 29.8 Å². The predicted molar refractivity (Wildman–Crippen MR) is 64.1 cm³/mol. The smallest absolute Gasteiger partial charge is 0.338 e. The van der Waals surface area contributed by atoms with Crippen molar-refractivity contribution < 1.29 is 24.2 Å². The summed E-state index contributed by atoms with van der Waals surface area (Å²) < 4.78 is 9.77. The van der Waals surface area contributed by atoms with Crippen LogP contribution in [-0.2, 0) is 14.3 Å². The molecular formula is C13H14O5. The van der Waals surface area contributed by atoms with Gasteiger partial charge in [0.15, 0.2) is 0 Å². The number of phenols is 1. The average Bonchev–Trinajstić information content (AvgIpc) is 2.36. The van der Waals surface area contributed by atoms with Crippen LogP contribution in [0.4, 0.5) is 0 Å². The van der Waals surface area contributed by atoms with Crippen molar-refractivity contribution in [2.75, 3.05) is 6.61 Å². The fraction of sp³-hybridized carbons (Fsp3) is 0.231. The Morgan fingerprint density at radius 1 is 1.39 bits per heavy atom. The van der Waals surface area contributed by atoms with Crippen LogP contribution in [0.1, 0.15) is 17.3 Å². The Balaban J connectivity index is 2.43. The van der Waals surface area contributed by atoms with E-state index in [4.69, 9.17) is 14.6 Å². The van der Waals surface area contributed by atoms with Crippen LogP contribution < -0.4 is 0 Å². The van der Waals surface area contributed by atoms with Gasteiger partial charge in [-0.1, -0.05) is 6.58 Å². The van der Waals surface area contributed by atoms with E-state index in [0.29, 0.717) is 5.56 Å². The molecule has 0 amide bonds. The van der Waals surface area contributed by atoms with E-state index in [1.165, 1.54) is 24.3 Å². The van der Waals surface area contributed by atoms with Crippen molar-refractivity contribution in [1.82, 2.24) is 0 Å². The second-order valence-electron chi connectivity index (χ2n) is 3.60. The lowest BCUT2D eigenvalue weighted by molar-refractivity contribution is -0.144. The fourth-order valence-electron chi connectivity index (χ4n) is 1.15. The number of carbonyl (C=O) groups is 2. The summed E-state index contributed by atoms with van der Waals surface area (Å²) in [4.78, 5) is 22.4. The molecular weight excluding hydrogens is 236 g/mol.